The summed E-state index contributed by atoms with van der Waals surface area (Å²) >= 11 is 0. The molecule has 0 bridgehead atoms. The summed E-state index contributed by atoms with van der Waals surface area (Å²) in [6.45, 7) is 3.75. The second-order valence-electron chi connectivity index (χ2n) is 5.98. The lowest BCUT2D eigenvalue weighted by Gasteiger charge is -2.02. The molecule has 0 aromatic carbocycles. The van der Waals surface area contributed by atoms with Crippen LogP contribution in [-0.4, -0.2) is 25.8 Å². The van der Waals surface area contributed by atoms with Gasteiger partial charge in [0.2, 0.25) is 0 Å². The van der Waals surface area contributed by atoms with Crippen LogP contribution in [0.1, 0.15) is 38.5 Å². The molecular weight excluding hydrogens is 196 g/mol. The predicted octanol–water partition coefficient (Wildman–Crippen LogP) is 2.49. The maximum atomic E-state index is 4.24. The van der Waals surface area contributed by atoms with Crippen LogP contribution in [0.5, 0.6) is 0 Å². The number of aliphatic imine (C=N–C) groups is 1. The zero-order chi connectivity index (χ0) is 10.8. The molecule has 2 saturated carbocycles. The Morgan fingerprint density at radius 3 is 2.31 bits per heavy atom. The Labute approximate surface area is 98.9 Å². The van der Waals surface area contributed by atoms with E-state index in [4.69, 9.17) is 0 Å². The molecule has 3 fully saturated rings. The maximum Gasteiger partial charge on any atom is 0.0419 e. The third-order valence-corrected chi connectivity index (χ3v) is 4.98. The van der Waals surface area contributed by atoms with E-state index < -0.39 is 0 Å². The third kappa shape index (κ3) is 2.17. The van der Waals surface area contributed by atoms with Gasteiger partial charge in [0, 0.05) is 12.8 Å². The van der Waals surface area contributed by atoms with Crippen molar-refractivity contribution in [2.75, 3.05) is 19.6 Å². The van der Waals surface area contributed by atoms with Crippen LogP contribution in [0.4, 0.5) is 0 Å². The van der Waals surface area contributed by atoms with Gasteiger partial charge in [0.05, 0.1) is 0 Å². The van der Waals surface area contributed by atoms with Crippen molar-refractivity contribution >= 4 is 6.21 Å². The van der Waals surface area contributed by atoms with Gasteiger partial charge in [-0.2, -0.15) is 0 Å². The van der Waals surface area contributed by atoms with Crippen LogP contribution >= 0.6 is 0 Å². The van der Waals surface area contributed by atoms with E-state index in [9.17, 15) is 0 Å². The van der Waals surface area contributed by atoms with E-state index >= 15 is 0 Å². The molecule has 4 atom stereocenters. The van der Waals surface area contributed by atoms with E-state index in [0.29, 0.717) is 0 Å². The van der Waals surface area contributed by atoms with Crippen molar-refractivity contribution in [2.45, 2.75) is 38.5 Å². The quantitative estimate of drug-likeness (QED) is 0.666. The van der Waals surface area contributed by atoms with Crippen molar-refractivity contribution in [1.82, 2.24) is 5.32 Å². The maximum absolute atomic E-state index is 4.24. The molecule has 1 N–H and O–H groups in total. The minimum atomic E-state index is 0.884. The van der Waals surface area contributed by atoms with Crippen LogP contribution in [0, 0.1) is 23.7 Å². The molecule has 0 spiro atoms. The first kappa shape index (κ1) is 10.8. The smallest absolute Gasteiger partial charge is 0.0419 e. The second-order valence-corrected chi connectivity index (χ2v) is 5.98. The minimum Gasteiger partial charge on any atom is -0.316 e. The summed E-state index contributed by atoms with van der Waals surface area (Å²) < 4.78 is 0. The Hall–Kier alpha value is -0.370. The average Bonchev–Trinajstić information content (AvgIpc) is 2.99. The number of nitrogens with one attached hydrogen (secondary N) is 1. The lowest BCUT2D eigenvalue weighted by Crippen LogP contribution is -2.08. The highest BCUT2D eigenvalue weighted by molar-refractivity contribution is 5.64. The van der Waals surface area contributed by atoms with Gasteiger partial charge in [0.15, 0.2) is 0 Å². The normalized spacial score (nSPS) is 44.0. The van der Waals surface area contributed by atoms with E-state index in [1.807, 2.05) is 0 Å². The Kier molecular flexibility index (Phi) is 3.27. The number of hydrogen-bond acceptors (Lipinski definition) is 2. The average molecular weight is 220 g/mol. The number of nitrogens with zero attached hydrogens (tertiary/aromatic N) is 1. The summed E-state index contributed by atoms with van der Waals surface area (Å²) in [5.74, 6) is 3.97. The van der Waals surface area contributed by atoms with Crippen molar-refractivity contribution in [1.29, 1.82) is 0 Å². The largest absolute Gasteiger partial charge is 0.316 e. The summed E-state index contributed by atoms with van der Waals surface area (Å²) in [4.78, 5) is 4.24. The fraction of sp³-hybridized carbons (Fsp3) is 0.929. The summed E-state index contributed by atoms with van der Waals surface area (Å²) in [6.07, 6.45) is 10.9. The first-order valence-electron chi connectivity index (χ1n) is 7.14. The lowest BCUT2D eigenvalue weighted by atomic mass is 10.0. The Morgan fingerprint density at radius 1 is 0.875 bits per heavy atom. The van der Waals surface area contributed by atoms with Crippen LogP contribution in [0.2, 0.25) is 0 Å². The van der Waals surface area contributed by atoms with E-state index in [-0.39, 0.29) is 0 Å². The van der Waals surface area contributed by atoms with Crippen molar-refractivity contribution in [3.05, 3.63) is 0 Å². The molecule has 2 heteroatoms. The first-order valence-corrected chi connectivity index (χ1v) is 7.14. The van der Waals surface area contributed by atoms with Gasteiger partial charge < -0.3 is 5.32 Å². The Balaban J connectivity index is 0.000000101. The topological polar surface area (TPSA) is 24.4 Å². The summed E-state index contributed by atoms with van der Waals surface area (Å²) in [7, 11) is 0. The van der Waals surface area contributed by atoms with Gasteiger partial charge >= 0.3 is 0 Å². The van der Waals surface area contributed by atoms with Gasteiger partial charge in [0.1, 0.15) is 0 Å². The van der Waals surface area contributed by atoms with E-state index in [1.54, 1.807) is 0 Å². The van der Waals surface area contributed by atoms with E-state index in [0.717, 1.165) is 30.2 Å². The van der Waals surface area contributed by atoms with Crippen molar-refractivity contribution in [2.24, 2.45) is 28.7 Å². The molecule has 1 saturated heterocycles. The highest BCUT2D eigenvalue weighted by Gasteiger charge is 2.30. The molecular formula is C14H24N2. The van der Waals surface area contributed by atoms with Gasteiger partial charge in [-0.25, -0.2) is 0 Å². The predicted molar refractivity (Wildman–Crippen MR) is 67.9 cm³/mol. The molecule has 16 heavy (non-hydrogen) atoms. The molecule has 0 aromatic rings. The van der Waals surface area contributed by atoms with Crippen LogP contribution in [0.25, 0.3) is 0 Å². The second kappa shape index (κ2) is 4.87. The van der Waals surface area contributed by atoms with Crippen molar-refractivity contribution in [3.8, 4) is 0 Å². The zero-order valence-electron chi connectivity index (χ0n) is 10.2. The third-order valence-electron chi connectivity index (χ3n) is 4.98. The van der Waals surface area contributed by atoms with Gasteiger partial charge in [-0.15, -0.1) is 0 Å². The summed E-state index contributed by atoms with van der Waals surface area (Å²) in [6, 6.07) is 0. The zero-order valence-corrected chi connectivity index (χ0v) is 10.2. The van der Waals surface area contributed by atoms with Gasteiger partial charge in [-0.1, -0.05) is 12.8 Å². The fourth-order valence-corrected chi connectivity index (χ4v) is 3.93. The van der Waals surface area contributed by atoms with Crippen LogP contribution in [0.15, 0.2) is 4.99 Å². The Bertz CT molecular complexity index is 241. The number of fused-ring (bicyclic) bond motifs is 2. The van der Waals surface area contributed by atoms with Gasteiger partial charge in [-0.05, 0) is 62.4 Å². The molecule has 4 rings (SSSR count). The van der Waals surface area contributed by atoms with Gasteiger partial charge in [-0.3, -0.25) is 4.99 Å². The Morgan fingerprint density at radius 2 is 1.56 bits per heavy atom. The fourth-order valence-electron chi connectivity index (χ4n) is 3.93. The summed E-state index contributed by atoms with van der Waals surface area (Å²) in [5.41, 5.74) is 0. The molecule has 2 nitrogen and oxygen atoms in total. The minimum absolute atomic E-state index is 0.884. The van der Waals surface area contributed by atoms with Crippen LogP contribution in [0.3, 0.4) is 0 Å². The van der Waals surface area contributed by atoms with Gasteiger partial charge in [0.25, 0.3) is 0 Å². The first-order chi connectivity index (χ1) is 7.93. The van der Waals surface area contributed by atoms with E-state index in [1.165, 1.54) is 51.6 Å². The van der Waals surface area contributed by atoms with Crippen molar-refractivity contribution < 1.29 is 0 Å². The van der Waals surface area contributed by atoms with Crippen molar-refractivity contribution in [3.63, 3.8) is 0 Å². The molecule has 2 heterocycles. The highest BCUT2D eigenvalue weighted by Crippen LogP contribution is 2.34. The molecule has 0 radical (unpaired) electrons. The molecule has 2 aliphatic heterocycles. The molecule has 0 unspecified atom stereocenters. The van der Waals surface area contributed by atoms with E-state index in [2.05, 4.69) is 16.5 Å². The SMILES string of the molecule is C1=NC[C@@H]2CCC[C@H]12.C1C[C@@H]2CNC[C@@H]2C1. The molecule has 90 valence electrons. The monoisotopic (exact) mass is 220 g/mol. The van der Waals surface area contributed by atoms with Crippen LogP contribution < -0.4 is 5.32 Å². The highest BCUT2D eigenvalue weighted by atomic mass is 14.9. The number of rotatable bonds is 0. The number of hydrogen-bond donors (Lipinski definition) is 1. The molecule has 0 aromatic heterocycles. The molecule has 2 aliphatic carbocycles. The molecule has 4 aliphatic rings. The molecule has 0 amide bonds. The summed E-state index contributed by atoms with van der Waals surface area (Å²) in [5, 5.41) is 3.42. The standard InChI is InChI=1S/C7H13N.C7H11N/c2*1-2-6-4-8-5-7(6)3-1/h6-8H,1-5H2;4,6-7H,1-3,5H2/t2*6-,7+/m.1/s1. The van der Waals surface area contributed by atoms with Crippen LogP contribution in [-0.2, 0) is 0 Å². The lowest BCUT2D eigenvalue weighted by molar-refractivity contribution is 0.494.